The van der Waals surface area contributed by atoms with Gasteiger partial charge < -0.3 is 10.0 Å². The summed E-state index contributed by atoms with van der Waals surface area (Å²) in [5.41, 5.74) is 1.46. The molecule has 1 aromatic rings. The Morgan fingerprint density at radius 2 is 2.10 bits per heavy atom. The van der Waals surface area contributed by atoms with E-state index in [-0.39, 0.29) is 11.9 Å². The van der Waals surface area contributed by atoms with Crippen LogP contribution in [0.1, 0.15) is 26.3 Å². The third kappa shape index (κ3) is 3.19. The van der Waals surface area contributed by atoms with Crippen LogP contribution in [0.15, 0.2) is 24.3 Å². The summed E-state index contributed by atoms with van der Waals surface area (Å²) in [5.74, 6) is 0.0988. The first kappa shape index (κ1) is 15.0. The lowest BCUT2D eigenvalue weighted by atomic mass is 10.1. The first-order chi connectivity index (χ1) is 9.29. The predicted octanol–water partition coefficient (Wildman–Crippen LogP) is 1.67. The topological polar surface area (TPSA) is 43.8 Å². The molecule has 0 radical (unpaired) electrons. The van der Waals surface area contributed by atoms with E-state index in [1.807, 2.05) is 42.0 Å². The molecule has 0 aromatic heterocycles. The second kappa shape index (κ2) is 5.54. The molecule has 0 saturated heterocycles. The highest BCUT2D eigenvalue weighted by atomic mass is 16.3. The minimum atomic E-state index is -0.799. The van der Waals surface area contributed by atoms with Gasteiger partial charge in [-0.25, -0.2) is 0 Å². The summed E-state index contributed by atoms with van der Waals surface area (Å²) in [6.07, 6.45) is 0.920. The standard InChI is InChI=1S/C16H24N2O2/c1-12(17(4)11-16(2,3)20)15(19)18-10-9-13-7-5-6-8-14(13)18/h5-8,12,20H,9-11H2,1-4H3. The van der Waals surface area contributed by atoms with Crippen molar-refractivity contribution in [3.63, 3.8) is 0 Å². The third-order valence-electron chi connectivity index (χ3n) is 3.81. The van der Waals surface area contributed by atoms with Gasteiger partial charge in [-0.3, -0.25) is 9.69 Å². The second-order valence-corrected chi connectivity index (χ2v) is 6.27. The van der Waals surface area contributed by atoms with Crippen LogP contribution in [0.5, 0.6) is 0 Å². The highest BCUT2D eigenvalue weighted by Gasteiger charge is 2.31. The normalized spacial score (nSPS) is 16.4. The lowest BCUT2D eigenvalue weighted by Crippen LogP contribution is -2.49. The molecule has 1 aliphatic heterocycles. The zero-order valence-electron chi connectivity index (χ0n) is 12.8. The Hall–Kier alpha value is -1.39. The minimum Gasteiger partial charge on any atom is -0.389 e. The molecule has 1 aromatic carbocycles. The number of rotatable bonds is 4. The minimum absolute atomic E-state index is 0.0988. The van der Waals surface area contributed by atoms with Crippen molar-refractivity contribution < 1.29 is 9.90 Å². The van der Waals surface area contributed by atoms with Crippen molar-refractivity contribution in [1.82, 2.24) is 4.90 Å². The SMILES string of the molecule is CC(C(=O)N1CCc2ccccc21)N(C)CC(C)(C)O. The van der Waals surface area contributed by atoms with Crippen LogP contribution in [-0.2, 0) is 11.2 Å². The van der Waals surface area contributed by atoms with Crippen LogP contribution in [-0.4, -0.2) is 47.7 Å². The van der Waals surface area contributed by atoms with Crippen LogP contribution < -0.4 is 4.90 Å². The molecule has 20 heavy (non-hydrogen) atoms. The Kier molecular flexibility index (Phi) is 4.16. The largest absolute Gasteiger partial charge is 0.389 e. The molecule has 1 unspecified atom stereocenters. The fourth-order valence-electron chi connectivity index (χ4n) is 2.73. The number of nitrogens with zero attached hydrogens (tertiary/aromatic N) is 2. The molecule has 1 amide bonds. The Balaban J connectivity index is 2.09. The van der Waals surface area contributed by atoms with Crippen molar-refractivity contribution in [3.8, 4) is 0 Å². The number of hydrogen-bond acceptors (Lipinski definition) is 3. The number of amides is 1. The van der Waals surface area contributed by atoms with E-state index in [2.05, 4.69) is 6.07 Å². The zero-order valence-corrected chi connectivity index (χ0v) is 12.8. The molecule has 1 aliphatic rings. The molecule has 1 N–H and O–H groups in total. The molecule has 0 spiro atoms. The molecule has 1 atom stereocenters. The maximum absolute atomic E-state index is 12.6. The van der Waals surface area contributed by atoms with Crippen LogP contribution in [0.4, 0.5) is 5.69 Å². The second-order valence-electron chi connectivity index (χ2n) is 6.27. The average Bonchev–Trinajstić information content (AvgIpc) is 2.78. The number of para-hydroxylation sites is 1. The van der Waals surface area contributed by atoms with Gasteiger partial charge in [0.2, 0.25) is 5.91 Å². The van der Waals surface area contributed by atoms with E-state index >= 15 is 0 Å². The molecular formula is C16H24N2O2. The summed E-state index contributed by atoms with van der Waals surface area (Å²) >= 11 is 0. The van der Waals surface area contributed by atoms with Crippen LogP contribution in [0.2, 0.25) is 0 Å². The molecular weight excluding hydrogens is 252 g/mol. The van der Waals surface area contributed by atoms with Crippen molar-refractivity contribution in [2.75, 3.05) is 25.0 Å². The number of likely N-dealkylation sites (N-methyl/N-ethyl adjacent to an activating group) is 1. The van der Waals surface area contributed by atoms with Crippen LogP contribution in [0, 0.1) is 0 Å². The average molecular weight is 276 g/mol. The summed E-state index contributed by atoms with van der Waals surface area (Å²) in [7, 11) is 1.88. The van der Waals surface area contributed by atoms with Gasteiger partial charge in [0.15, 0.2) is 0 Å². The number of fused-ring (bicyclic) bond motifs is 1. The van der Waals surface area contributed by atoms with E-state index in [1.54, 1.807) is 13.8 Å². The van der Waals surface area contributed by atoms with E-state index in [9.17, 15) is 9.90 Å². The molecule has 4 nitrogen and oxygen atoms in total. The quantitative estimate of drug-likeness (QED) is 0.909. The van der Waals surface area contributed by atoms with E-state index < -0.39 is 5.60 Å². The van der Waals surface area contributed by atoms with Gasteiger partial charge >= 0.3 is 0 Å². The van der Waals surface area contributed by atoms with Gasteiger partial charge in [0.05, 0.1) is 11.6 Å². The maximum atomic E-state index is 12.6. The van der Waals surface area contributed by atoms with E-state index in [0.717, 1.165) is 18.7 Å². The fourth-order valence-corrected chi connectivity index (χ4v) is 2.73. The first-order valence-corrected chi connectivity index (χ1v) is 7.11. The lowest BCUT2D eigenvalue weighted by Gasteiger charge is -2.32. The number of anilines is 1. The third-order valence-corrected chi connectivity index (χ3v) is 3.81. The summed E-state index contributed by atoms with van der Waals surface area (Å²) in [5, 5.41) is 9.88. The van der Waals surface area contributed by atoms with Crippen LogP contribution in [0.25, 0.3) is 0 Å². The Labute approximate surface area is 121 Å². The monoisotopic (exact) mass is 276 g/mol. The van der Waals surface area contributed by atoms with Crippen LogP contribution >= 0.6 is 0 Å². The van der Waals surface area contributed by atoms with Gasteiger partial charge in [-0.05, 0) is 45.9 Å². The van der Waals surface area contributed by atoms with Gasteiger partial charge in [0, 0.05) is 18.8 Å². The first-order valence-electron chi connectivity index (χ1n) is 7.11. The summed E-state index contributed by atoms with van der Waals surface area (Å²) in [4.78, 5) is 16.4. The number of carbonyl (C=O) groups is 1. The highest BCUT2D eigenvalue weighted by molar-refractivity contribution is 5.98. The number of hydrogen-bond donors (Lipinski definition) is 1. The molecule has 4 heteroatoms. The predicted molar refractivity (Wildman–Crippen MR) is 80.9 cm³/mol. The number of benzene rings is 1. The van der Waals surface area contributed by atoms with Crippen molar-refractivity contribution in [3.05, 3.63) is 29.8 Å². The summed E-state index contributed by atoms with van der Waals surface area (Å²) < 4.78 is 0. The molecule has 110 valence electrons. The Morgan fingerprint density at radius 3 is 2.75 bits per heavy atom. The van der Waals surface area contributed by atoms with Gasteiger partial charge in [-0.1, -0.05) is 18.2 Å². The smallest absolute Gasteiger partial charge is 0.244 e. The highest BCUT2D eigenvalue weighted by Crippen LogP contribution is 2.28. The van der Waals surface area contributed by atoms with Crippen molar-refractivity contribution in [2.24, 2.45) is 0 Å². The fraction of sp³-hybridized carbons (Fsp3) is 0.562. The van der Waals surface area contributed by atoms with E-state index in [1.165, 1.54) is 5.56 Å². The summed E-state index contributed by atoms with van der Waals surface area (Å²) in [6, 6.07) is 7.82. The van der Waals surface area contributed by atoms with Crippen molar-refractivity contribution in [2.45, 2.75) is 38.8 Å². The van der Waals surface area contributed by atoms with Gasteiger partial charge in [0.1, 0.15) is 0 Å². The lowest BCUT2D eigenvalue weighted by molar-refractivity contribution is -0.123. The van der Waals surface area contributed by atoms with Gasteiger partial charge in [-0.2, -0.15) is 0 Å². The Morgan fingerprint density at radius 1 is 1.45 bits per heavy atom. The number of carbonyl (C=O) groups excluding carboxylic acids is 1. The van der Waals surface area contributed by atoms with Crippen LogP contribution in [0.3, 0.4) is 0 Å². The zero-order chi connectivity index (χ0) is 14.9. The van der Waals surface area contributed by atoms with E-state index in [4.69, 9.17) is 0 Å². The van der Waals surface area contributed by atoms with Gasteiger partial charge in [0.25, 0.3) is 0 Å². The maximum Gasteiger partial charge on any atom is 0.244 e. The van der Waals surface area contributed by atoms with Gasteiger partial charge in [-0.15, -0.1) is 0 Å². The number of aliphatic hydroxyl groups is 1. The van der Waals surface area contributed by atoms with E-state index in [0.29, 0.717) is 6.54 Å². The Bertz CT molecular complexity index is 493. The molecule has 0 saturated carbocycles. The van der Waals surface area contributed by atoms with Crippen molar-refractivity contribution >= 4 is 11.6 Å². The molecule has 1 heterocycles. The molecule has 0 aliphatic carbocycles. The van der Waals surface area contributed by atoms with Crippen molar-refractivity contribution in [1.29, 1.82) is 0 Å². The molecule has 2 rings (SSSR count). The molecule has 0 bridgehead atoms. The summed E-state index contributed by atoms with van der Waals surface area (Å²) in [6.45, 7) is 6.63. The molecule has 0 fully saturated rings.